The summed E-state index contributed by atoms with van der Waals surface area (Å²) >= 11 is 6.59. The highest BCUT2D eigenvalue weighted by Gasteiger charge is 2.75. The Hall–Kier alpha value is -2.68. The number of amides is 2. The molecule has 2 fully saturated rings. The predicted molar refractivity (Wildman–Crippen MR) is 143 cm³/mol. The molecule has 38 heavy (non-hydrogen) atoms. The van der Waals surface area contributed by atoms with Crippen LogP contribution < -0.4 is 4.90 Å². The van der Waals surface area contributed by atoms with Gasteiger partial charge in [-0.2, -0.15) is 0 Å². The fraction of sp³-hybridized carbons (Fsp3) is 0.552. The number of ether oxygens (including phenoxy) is 2. The Morgan fingerprint density at radius 2 is 1.89 bits per heavy atom. The number of fused-ring (bicyclic) bond motifs is 2. The van der Waals surface area contributed by atoms with E-state index in [1.54, 1.807) is 24.0 Å². The summed E-state index contributed by atoms with van der Waals surface area (Å²) in [6.07, 6.45) is 8.34. The van der Waals surface area contributed by atoms with Crippen molar-refractivity contribution < 1.29 is 29.0 Å². The number of anilines is 1. The molecular weight excluding hydrogens is 508 g/mol. The van der Waals surface area contributed by atoms with Gasteiger partial charge in [-0.25, -0.2) is 0 Å². The number of aliphatic hydroxyl groups is 1. The van der Waals surface area contributed by atoms with Crippen molar-refractivity contribution >= 4 is 35.1 Å². The van der Waals surface area contributed by atoms with Crippen LogP contribution in [0.2, 0.25) is 5.02 Å². The van der Waals surface area contributed by atoms with Gasteiger partial charge < -0.3 is 24.4 Å². The van der Waals surface area contributed by atoms with Crippen LogP contribution >= 0.6 is 11.6 Å². The lowest BCUT2D eigenvalue weighted by atomic mass is 9.74. The molecule has 0 aromatic heterocycles. The molecule has 4 aliphatic heterocycles. The number of carbonyl (C=O) groups is 3. The van der Waals surface area contributed by atoms with Gasteiger partial charge in [0, 0.05) is 6.54 Å². The third-order valence-corrected chi connectivity index (χ3v) is 8.57. The zero-order chi connectivity index (χ0) is 27.4. The van der Waals surface area contributed by atoms with Crippen molar-refractivity contribution in [3.8, 4) is 0 Å². The highest BCUT2D eigenvalue weighted by atomic mass is 35.5. The van der Waals surface area contributed by atoms with Crippen LogP contribution in [0.1, 0.15) is 39.2 Å². The molecule has 0 bridgehead atoms. The summed E-state index contributed by atoms with van der Waals surface area (Å²) in [5.74, 6) is -3.04. The molecule has 6 atom stereocenters. The number of para-hydroxylation sites is 1. The molecule has 1 spiro atoms. The number of hydrogen-bond acceptors (Lipinski definition) is 6. The number of carbonyl (C=O) groups excluding carboxylic acids is 3. The Morgan fingerprint density at radius 1 is 1.13 bits per heavy atom. The molecule has 1 N–H and O–H groups in total. The lowest BCUT2D eigenvalue weighted by Crippen LogP contribution is -2.59. The number of likely N-dealkylation sites (tertiary alicyclic amines) is 1. The maximum absolute atomic E-state index is 14.6. The summed E-state index contributed by atoms with van der Waals surface area (Å²) < 4.78 is 12.3. The third-order valence-electron chi connectivity index (χ3n) is 8.26. The monoisotopic (exact) mass is 542 g/mol. The van der Waals surface area contributed by atoms with Crippen LogP contribution in [-0.4, -0.2) is 70.8 Å². The van der Waals surface area contributed by atoms with Crippen molar-refractivity contribution in [1.82, 2.24) is 4.90 Å². The van der Waals surface area contributed by atoms with Crippen molar-refractivity contribution in [2.24, 2.45) is 17.8 Å². The number of cyclic esters (lactones) is 1. The zero-order valence-corrected chi connectivity index (χ0v) is 23.0. The minimum atomic E-state index is -1.42. The first kappa shape index (κ1) is 26.9. The van der Waals surface area contributed by atoms with Gasteiger partial charge in [-0.05, 0) is 44.2 Å². The van der Waals surface area contributed by atoms with E-state index in [1.807, 2.05) is 51.1 Å². The van der Waals surface area contributed by atoms with Crippen molar-refractivity contribution in [3.63, 3.8) is 0 Å². The molecule has 8 nitrogen and oxygen atoms in total. The maximum Gasteiger partial charge on any atom is 0.313 e. The van der Waals surface area contributed by atoms with Crippen molar-refractivity contribution in [3.05, 3.63) is 53.1 Å². The molecule has 9 heteroatoms. The van der Waals surface area contributed by atoms with E-state index < -0.39 is 41.1 Å². The Morgan fingerprint density at radius 3 is 2.58 bits per heavy atom. The first-order valence-corrected chi connectivity index (χ1v) is 13.6. The molecule has 5 rings (SSSR count). The summed E-state index contributed by atoms with van der Waals surface area (Å²) in [6.45, 7) is 7.76. The van der Waals surface area contributed by atoms with E-state index in [1.165, 1.54) is 4.90 Å². The summed E-state index contributed by atoms with van der Waals surface area (Å²) in [5.41, 5.74) is -1.18. The summed E-state index contributed by atoms with van der Waals surface area (Å²) in [5, 5.41) is 10.9. The average Bonchev–Trinajstić information content (AvgIpc) is 3.17. The first-order chi connectivity index (χ1) is 18.1. The highest BCUT2D eigenvalue weighted by molar-refractivity contribution is 6.34. The molecule has 0 aliphatic carbocycles. The lowest BCUT2D eigenvalue weighted by Gasteiger charge is -2.40. The molecule has 0 saturated carbocycles. The average molecular weight is 543 g/mol. The number of rotatable bonds is 5. The Balaban J connectivity index is 1.70. The molecule has 204 valence electrons. The number of benzene rings is 1. The second kappa shape index (κ2) is 9.81. The zero-order valence-electron chi connectivity index (χ0n) is 22.2. The fourth-order valence-electron chi connectivity index (χ4n) is 6.81. The summed E-state index contributed by atoms with van der Waals surface area (Å²) in [7, 11) is 0. The van der Waals surface area contributed by atoms with Crippen molar-refractivity contribution in [2.45, 2.75) is 63.8 Å². The molecule has 1 unspecified atom stereocenters. The number of nitrogens with zero attached hydrogens (tertiary/aromatic N) is 2. The number of aryl methyl sites for hydroxylation is 1. The first-order valence-electron chi connectivity index (χ1n) is 13.3. The van der Waals surface area contributed by atoms with Gasteiger partial charge in [-0.15, -0.1) is 0 Å². The van der Waals surface area contributed by atoms with Gasteiger partial charge in [0.25, 0.3) is 5.91 Å². The number of esters is 1. The lowest BCUT2D eigenvalue weighted by molar-refractivity contribution is -0.160. The largest absolute Gasteiger partial charge is 0.465 e. The van der Waals surface area contributed by atoms with E-state index in [2.05, 4.69) is 0 Å². The number of halogens is 1. The maximum atomic E-state index is 14.6. The molecule has 1 aromatic carbocycles. The summed E-state index contributed by atoms with van der Waals surface area (Å²) in [4.78, 5) is 45.4. The van der Waals surface area contributed by atoms with Gasteiger partial charge in [-0.3, -0.25) is 14.4 Å². The van der Waals surface area contributed by atoms with Crippen molar-refractivity contribution in [1.29, 1.82) is 0 Å². The van der Waals surface area contributed by atoms with Gasteiger partial charge in [-0.1, -0.05) is 61.9 Å². The Bertz CT molecular complexity index is 1190. The SMILES string of the molecule is Cc1cccc(Cl)c1N1CC=C[C@]23O[C@]4(C)C=CCCOC(=O)[C@@H]4[C@H]2C(=O)N([C@@H](CO)CC(C)C)C3C1=O. The predicted octanol–water partition coefficient (Wildman–Crippen LogP) is 3.43. The number of aliphatic hydroxyl groups excluding tert-OH is 1. The van der Waals surface area contributed by atoms with E-state index in [4.69, 9.17) is 21.1 Å². The van der Waals surface area contributed by atoms with E-state index in [0.717, 1.165) is 5.56 Å². The van der Waals surface area contributed by atoms with Crippen LogP contribution in [0.4, 0.5) is 5.69 Å². The van der Waals surface area contributed by atoms with Crippen LogP contribution in [0.3, 0.4) is 0 Å². The molecular formula is C29H35ClN2O6. The Labute approximate surface area is 228 Å². The Kier molecular flexibility index (Phi) is 6.95. The molecule has 0 radical (unpaired) electrons. The minimum Gasteiger partial charge on any atom is -0.465 e. The smallest absolute Gasteiger partial charge is 0.313 e. The second-order valence-corrected chi connectivity index (χ2v) is 11.7. The van der Waals surface area contributed by atoms with Crippen LogP contribution in [0.5, 0.6) is 0 Å². The fourth-order valence-corrected chi connectivity index (χ4v) is 7.13. The van der Waals surface area contributed by atoms with Crippen molar-refractivity contribution in [2.75, 3.05) is 24.7 Å². The van der Waals surface area contributed by atoms with Crippen LogP contribution in [0.15, 0.2) is 42.5 Å². The minimum absolute atomic E-state index is 0.148. The van der Waals surface area contributed by atoms with E-state index in [0.29, 0.717) is 23.6 Å². The topological polar surface area (TPSA) is 96.4 Å². The van der Waals surface area contributed by atoms with E-state index in [9.17, 15) is 19.5 Å². The molecule has 1 aromatic rings. The van der Waals surface area contributed by atoms with Crippen LogP contribution in [0, 0.1) is 24.7 Å². The summed E-state index contributed by atoms with van der Waals surface area (Å²) in [6, 6.07) is 3.70. The second-order valence-electron chi connectivity index (χ2n) is 11.3. The molecule has 2 saturated heterocycles. The van der Waals surface area contributed by atoms with Gasteiger partial charge in [0.15, 0.2) is 0 Å². The van der Waals surface area contributed by atoms with E-state index >= 15 is 0 Å². The number of hydrogen-bond donors (Lipinski definition) is 1. The normalized spacial score (nSPS) is 33.4. The van der Waals surface area contributed by atoms with Gasteiger partial charge in [0.05, 0.1) is 41.5 Å². The quantitative estimate of drug-likeness (QED) is 0.452. The van der Waals surface area contributed by atoms with Crippen LogP contribution in [0.25, 0.3) is 0 Å². The molecule has 4 aliphatic rings. The van der Waals surface area contributed by atoms with Gasteiger partial charge in [0.2, 0.25) is 5.91 Å². The van der Waals surface area contributed by atoms with Gasteiger partial charge >= 0.3 is 5.97 Å². The highest BCUT2D eigenvalue weighted by Crippen LogP contribution is 2.58. The third kappa shape index (κ3) is 4.00. The molecule has 4 heterocycles. The van der Waals surface area contributed by atoms with Crippen LogP contribution in [-0.2, 0) is 23.9 Å². The van der Waals surface area contributed by atoms with E-state index in [-0.39, 0.29) is 37.5 Å². The molecule has 2 amide bonds. The van der Waals surface area contributed by atoms with Gasteiger partial charge in [0.1, 0.15) is 17.6 Å². The standard InChI is InChI=1S/C29H35ClN2O6/c1-17(2)15-19(16-33)32-24-26(35)31(23-18(3)9-7-10-20(23)30)13-8-12-29(24)21(25(32)34)22-27(36)37-14-6-5-11-28(22,4)38-29/h5,7-12,17,19,21-22,24,33H,6,13-16H2,1-4H3/t19-,21+,22+,24?,28-,29+/m1/s1.